The number of aromatic nitrogens is 1. The number of nitro groups is 1. The number of carbonyl (C=O) groups is 2. The van der Waals surface area contributed by atoms with Gasteiger partial charge in [-0.25, -0.2) is 4.79 Å². The molecular formula is C19H18N4O6S. The zero-order valence-electron chi connectivity index (χ0n) is 15.8. The van der Waals surface area contributed by atoms with Crippen LogP contribution in [0, 0.1) is 10.1 Å². The molecule has 0 saturated heterocycles. The van der Waals surface area contributed by atoms with Crippen LogP contribution in [0.25, 0.3) is 11.1 Å². The average molecular weight is 430 g/mol. The second-order valence-electron chi connectivity index (χ2n) is 7.04. The molecule has 11 heteroatoms. The predicted molar refractivity (Wildman–Crippen MR) is 110 cm³/mol. The van der Waals surface area contributed by atoms with E-state index < -0.39 is 22.5 Å². The number of nitrogens with one attached hydrogen (secondary N) is 1. The number of aryl methyl sites for hydroxylation is 1. The fourth-order valence-corrected chi connectivity index (χ4v) is 5.03. The second-order valence-corrected chi connectivity index (χ2v) is 8.15. The van der Waals surface area contributed by atoms with Gasteiger partial charge in [0.2, 0.25) is 5.91 Å². The van der Waals surface area contributed by atoms with Crippen LogP contribution in [0.1, 0.15) is 40.1 Å². The molecule has 30 heavy (non-hydrogen) atoms. The Kier molecular flexibility index (Phi) is 5.12. The zero-order chi connectivity index (χ0) is 21.4. The summed E-state index contributed by atoms with van der Waals surface area (Å²) >= 11 is 1.34. The average Bonchev–Trinajstić information content (AvgIpc) is 3.08. The fraction of sp³-hybridized carbons (Fsp3) is 0.316. The van der Waals surface area contributed by atoms with E-state index in [-0.39, 0.29) is 23.3 Å². The largest absolute Gasteiger partial charge is 0.420 e. The van der Waals surface area contributed by atoms with E-state index in [9.17, 15) is 24.5 Å². The minimum absolute atomic E-state index is 0.0164. The van der Waals surface area contributed by atoms with Gasteiger partial charge in [-0.2, -0.15) is 0 Å². The second kappa shape index (κ2) is 7.75. The maximum Gasteiger partial charge on any atom is 0.420 e. The van der Waals surface area contributed by atoms with Gasteiger partial charge >= 0.3 is 5.76 Å². The van der Waals surface area contributed by atoms with E-state index in [1.807, 2.05) is 0 Å². The van der Waals surface area contributed by atoms with Crippen LogP contribution in [0.5, 0.6) is 0 Å². The topological polar surface area (TPSA) is 150 Å². The van der Waals surface area contributed by atoms with Gasteiger partial charge in [-0.3, -0.25) is 24.3 Å². The number of benzene rings is 1. The van der Waals surface area contributed by atoms with Gasteiger partial charge < -0.3 is 15.5 Å². The number of thiophene rings is 1. The van der Waals surface area contributed by atoms with Crippen LogP contribution in [0.3, 0.4) is 0 Å². The molecule has 0 bridgehead atoms. The van der Waals surface area contributed by atoms with E-state index in [4.69, 9.17) is 10.2 Å². The third kappa shape index (κ3) is 3.59. The van der Waals surface area contributed by atoms with E-state index in [0.717, 1.165) is 53.2 Å². The van der Waals surface area contributed by atoms with Gasteiger partial charge in [0.15, 0.2) is 5.58 Å². The molecule has 0 fully saturated rings. The van der Waals surface area contributed by atoms with Crippen molar-refractivity contribution in [2.75, 3.05) is 5.32 Å². The van der Waals surface area contributed by atoms with Crippen molar-refractivity contribution in [2.45, 2.75) is 38.6 Å². The van der Waals surface area contributed by atoms with E-state index in [1.165, 1.54) is 23.5 Å². The highest BCUT2D eigenvalue weighted by atomic mass is 32.1. The molecule has 156 valence electrons. The molecule has 4 rings (SSSR count). The Hall–Kier alpha value is -3.47. The van der Waals surface area contributed by atoms with E-state index >= 15 is 0 Å². The number of nitrogens with two attached hydrogens (primary N) is 1. The number of carbonyl (C=O) groups excluding carboxylic acids is 2. The quantitative estimate of drug-likeness (QED) is 0.361. The number of oxazole rings is 1. The highest BCUT2D eigenvalue weighted by Crippen LogP contribution is 2.37. The number of fused-ring (bicyclic) bond motifs is 2. The Morgan fingerprint density at radius 2 is 2.03 bits per heavy atom. The molecule has 0 aliphatic heterocycles. The van der Waals surface area contributed by atoms with Gasteiger partial charge in [0.25, 0.3) is 11.6 Å². The highest BCUT2D eigenvalue weighted by molar-refractivity contribution is 7.17. The van der Waals surface area contributed by atoms with Crippen LogP contribution in [-0.2, 0) is 24.2 Å². The Labute approximate surface area is 173 Å². The lowest BCUT2D eigenvalue weighted by atomic mass is 10.1. The molecule has 0 spiro atoms. The third-order valence-corrected chi connectivity index (χ3v) is 6.29. The summed E-state index contributed by atoms with van der Waals surface area (Å²) in [6.07, 6.45) is 4.63. The van der Waals surface area contributed by atoms with Crippen LogP contribution in [0.4, 0.5) is 10.7 Å². The summed E-state index contributed by atoms with van der Waals surface area (Å²) in [7, 11) is 0. The van der Waals surface area contributed by atoms with Gasteiger partial charge in [0, 0.05) is 10.9 Å². The first-order valence-corrected chi connectivity index (χ1v) is 10.2. The van der Waals surface area contributed by atoms with Gasteiger partial charge in [-0.05, 0) is 37.3 Å². The smallest absolute Gasteiger partial charge is 0.407 e. The molecule has 1 aliphatic rings. The first kappa shape index (κ1) is 19.8. The minimum Gasteiger partial charge on any atom is -0.407 e. The first-order chi connectivity index (χ1) is 14.3. The molecule has 2 amide bonds. The third-order valence-electron chi connectivity index (χ3n) is 5.09. The minimum atomic E-state index is -0.808. The van der Waals surface area contributed by atoms with Crippen molar-refractivity contribution in [3.63, 3.8) is 0 Å². The standard InChI is InChI=1S/C19H18N4O6S/c20-17(25)16-11-4-2-1-3-5-14(11)30-18(16)21-15(24)9-22-12-7-6-10(23(27)28)8-13(12)29-19(22)26/h6-8H,1-5,9H2,(H2,20,25)(H,21,24). The maximum atomic E-state index is 12.6. The number of hydrogen-bond acceptors (Lipinski definition) is 7. The molecular weight excluding hydrogens is 412 g/mol. The summed E-state index contributed by atoms with van der Waals surface area (Å²) in [5, 5.41) is 14.0. The van der Waals surface area contributed by atoms with Gasteiger partial charge in [-0.15, -0.1) is 11.3 Å². The number of amides is 2. The van der Waals surface area contributed by atoms with Crippen molar-refractivity contribution in [1.29, 1.82) is 0 Å². The SMILES string of the molecule is NC(=O)c1c(NC(=O)Cn2c(=O)oc3cc([N+](=O)[O-])ccc32)sc2c1CCCCC2. The summed E-state index contributed by atoms with van der Waals surface area (Å²) in [5.74, 6) is -1.93. The van der Waals surface area contributed by atoms with E-state index in [2.05, 4.69) is 5.32 Å². The molecule has 0 radical (unpaired) electrons. The summed E-state index contributed by atoms with van der Waals surface area (Å²) < 4.78 is 6.11. The Bertz CT molecular complexity index is 1240. The van der Waals surface area contributed by atoms with Crippen molar-refractivity contribution in [1.82, 2.24) is 4.57 Å². The summed E-state index contributed by atoms with van der Waals surface area (Å²) in [6, 6.07) is 3.72. The molecule has 1 aromatic carbocycles. The first-order valence-electron chi connectivity index (χ1n) is 9.37. The van der Waals surface area contributed by atoms with Crippen molar-refractivity contribution in [3.8, 4) is 0 Å². The van der Waals surface area contributed by atoms with Crippen LogP contribution < -0.4 is 16.8 Å². The Morgan fingerprint density at radius 1 is 1.27 bits per heavy atom. The number of anilines is 1. The summed E-state index contributed by atoms with van der Waals surface area (Å²) in [6.45, 7) is -0.371. The van der Waals surface area contributed by atoms with Crippen molar-refractivity contribution >= 4 is 44.9 Å². The maximum absolute atomic E-state index is 12.6. The zero-order valence-corrected chi connectivity index (χ0v) is 16.6. The molecule has 1 aliphatic carbocycles. The van der Waals surface area contributed by atoms with Gasteiger partial charge in [0.1, 0.15) is 11.5 Å². The molecule has 0 atom stereocenters. The molecule has 3 aromatic rings. The summed E-state index contributed by atoms with van der Waals surface area (Å²) in [4.78, 5) is 48.2. The van der Waals surface area contributed by atoms with Gasteiger partial charge in [-0.1, -0.05) is 6.42 Å². The molecule has 2 heterocycles. The van der Waals surface area contributed by atoms with Crippen molar-refractivity contribution in [2.24, 2.45) is 5.73 Å². The number of hydrogen-bond donors (Lipinski definition) is 2. The fourth-order valence-electron chi connectivity index (χ4n) is 3.72. The van der Waals surface area contributed by atoms with Crippen LogP contribution in [-0.4, -0.2) is 21.3 Å². The molecule has 2 aromatic heterocycles. The lowest BCUT2D eigenvalue weighted by Crippen LogP contribution is -2.25. The number of nitrogens with zero attached hydrogens (tertiary/aromatic N) is 2. The highest BCUT2D eigenvalue weighted by Gasteiger charge is 2.25. The predicted octanol–water partition coefficient (Wildman–Crippen LogP) is 2.57. The van der Waals surface area contributed by atoms with E-state index in [0.29, 0.717) is 10.6 Å². The normalized spacial score (nSPS) is 13.6. The molecule has 10 nitrogen and oxygen atoms in total. The number of non-ortho nitro benzene ring substituents is 1. The number of nitro benzene ring substituents is 1. The van der Waals surface area contributed by atoms with Gasteiger partial charge in [0.05, 0.1) is 22.1 Å². The van der Waals surface area contributed by atoms with Crippen LogP contribution >= 0.6 is 11.3 Å². The Balaban J connectivity index is 1.62. The van der Waals surface area contributed by atoms with E-state index in [1.54, 1.807) is 0 Å². The van der Waals surface area contributed by atoms with Crippen molar-refractivity contribution in [3.05, 3.63) is 54.9 Å². The summed E-state index contributed by atoms with van der Waals surface area (Å²) in [5.41, 5.74) is 6.87. The van der Waals surface area contributed by atoms with Crippen molar-refractivity contribution < 1.29 is 18.9 Å². The van der Waals surface area contributed by atoms with Crippen LogP contribution in [0.2, 0.25) is 0 Å². The molecule has 3 N–H and O–H groups in total. The molecule has 0 unspecified atom stereocenters. The number of primary amides is 1. The lowest BCUT2D eigenvalue weighted by Gasteiger charge is -2.07. The number of rotatable bonds is 5. The molecule has 0 saturated carbocycles. The Morgan fingerprint density at radius 3 is 2.77 bits per heavy atom. The monoisotopic (exact) mass is 430 g/mol. The van der Waals surface area contributed by atoms with Crippen LogP contribution in [0.15, 0.2) is 27.4 Å². The lowest BCUT2D eigenvalue weighted by molar-refractivity contribution is -0.384.